The number of rotatable bonds is 2. The Morgan fingerprint density at radius 1 is 1.23 bits per heavy atom. The van der Waals surface area contributed by atoms with Crippen molar-refractivity contribution < 1.29 is 4.79 Å². The van der Waals surface area contributed by atoms with Crippen molar-refractivity contribution in [2.75, 3.05) is 0 Å². The van der Waals surface area contributed by atoms with Crippen LogP contribution in [0.5, 0.6) is 0 Å². The summed E-state index contributed by atoms with van der Waals surface area (Å²) in [6.07, 6.45) is 1.38. The van der Waals surface area contributed by atoms with E-state index in [4.69, 9.17) is 5.73 Å². The van der Waals surface area contributed by atoms with Crippen LogP contribution in [0.15, 0.2) is 0 Å². The van der Waals surface area contributed by atoms with Gasteiger partial charge in [-0.05, 0) is 17.8 Å². The van der Waals surface area contributed by atoms with Gasteiger partial charge in [0.25, 0.3) is 0 Å². The van der Waals surface area contributed by atoms with Crippen LogP contribution in [0.3, 0.4) is 0 Å². The van der Waals surface area contributed by atoms with E-state index in [0.717, 1.165) is 12.3 Å². The number of carbonyl (C=O) groups excluding carboxylic acids is 1. The summed E-state index contributed by atoms with van der Waals surface area (Å²) in [6.45, 7) is 12.8. The molecule has 2 heteroatoms. The Morgan fingerprint density at radius 3 is 1.62 bits per heavy atom. The highest BCUT2D eigenvalue weighted by Crippen LogP contribution is 2.19. The Bertz CT molecular complexity index is 131. The first-order valence-electron chi connectivity index (χ1n) is 4.93. The first kappa shape index (κ1) is 15.0. The zero-order chi connectivity index (χ0) is 11.1. The molecule has 0 aliphatic carbocycles. The number of hydrogen-bond donors (Lipinski definition) is 1. The highest BCUT2D eigenvalue weighted by Gasteiger charge is 2.10. The van der Waals surface area contributed by atoms with E-state index in [-0.39, 0.29) is 11.3 Å². The van der Waals surface area contributed by atoms with Crippen molar-refractivity contribution >= 4 is 5.91 Å². The lowest BCUT2D eigenvalue weighted by atomic mass is 9.90. The van der Waals surface area contributed by atoms with E-state index >= 15 is 0 Å². The first-order chi connectivity index (χ1) is 5.65. The van der Waals surface area contributed by atoms with E-state index in [1.54, 1.807) is 0 Å². The number of amides is 1. The standard InChI is InChI=1S/C7H15NO.C4H10/c1-7(2,3)5-4-6(8)9;1-4(2)3/h4-5H2,1-3H3,(H2,8,9);4H,1-3H3. The quantitative estimate of drug-likeness (QED) is 0.709. The molecular weight excluding hydrogens is 162 g/mol. The lowest BCUT2D eigenvalue weighted by Crippen LogP contribution is -2.14. The zero-order valence-electron chi connectivity index (χ0n) is 9.98. The van der Waals surface area contributed by atoms with Gasteiger partial charge in [0, 0.05) is 6.42 Å². The Kier molecular flexibility index (Phi) is 7.98. The highest BCUT2D eigenvalue weighted by atomic mass is 16.1. The summed E-state index contributed by atoms with van der Waals surface area (Å²) in [6, 6.07) is 0. The van der Waals surface area contributed by atoms with Gasteiger partial charge < -0.3 is 5.73 Å². The second kappa shape index (κ2) is 6.93. The van der Waals surface area contributed by atoms with Crippen LogP contribution in [0, 0.1) is 11.3 Å². The summed E-state index contributed by atoms with van der Waals surface area (Å²) in [4.78, 5) is 10.3. The van der Waals surface area contributed by atoms with E-state index in [1.807, 2.05) is 0 Å². The number of carbonyl (C=O) groups is 1. The Hall–Kier alpha value is -0.530. The van der Waals surface area contributed by atoms with E-state index in [0.29, 0.717) is 6.42 Å². The minimum atomic E-state index is -0.204. The molecule has 2 nitrogen and oxygen atoms in total. The second-order valence-corrected chi connectivity index (χ2v) is 5.26. The van der Waals surface area contributed by atoms with Gasteiger partial charge in [-0.2, -0.15) is 0 Å². The van der Waals surface area contributed by atoms with E-state index in [2.05, 4.69) is 41.5 Å². The van der Waals surface area contributed by atoms with Crippen LogP contribution in [0.1, 0.15) is 54.4 Å². The third-order valence-corrected chi connectivity index (χ3v) is 1.12. The van der Waals surface area contributed by atoms with Crippen molar-refractivity contribution in [1.29, 1.82) is 0 Å². The second-order valence-electron chi connectivity index (χ2n) is 5.26. The molecule has 0 aromatic rings. The van der Waals surface area contributed by atoms with Gasteiger partial charge in [0.1, 0.15) is 0 Å². The molecular formula is C11H25NO. The van der Waals surface area contributed by atoms with Crippen LogP contribution < -0.4 is 5.73 Å². The van der Waals surface area contributed by atoms with Crippen molar-refractivity contribution in [1.82, 2.24) is 0 Å². The van der Waals surface area contributed by atoms with Crippen LogP contribution in [-0.2, 0) is 4.79 Å². The average molecular weight is 187 g/mol. The molecule has 0 heterocycles. The molecule has 0 aromatic carbocycles. The van der Waals surface area contributed by atoms with Gasteiger partial charge in [0.15, 0.2) is 0 Å². The normalized spacial score (nSPS) is 10.7. The third-order valence-electron chi connectivity index (χ3n) is 1.12. The molecule has 0 aliphatic heterocycles. The van der Waals surface area contributed by atoms with Crippen molar-refractivity contribution in [2.24, 2.45) is 17.1 Å². The molecule has 0 saturated heterocycles. The van der Waals surface area contributed by atoms with Crippen LogP contribution in [0.4, 0.5) is 0 Å². The lowest BCUT2D eigenvalue weighted by Gasteiger charge is -2.15. The summed E-state index contributed by atoms with van der Waals surface area (Å²) < 4.78 is 0. The molecule has 0 unspecified atom stereocenters. The highest BCUT2D eigenvalue weighted by molar-refractivity contribution is 5.73. The summed E-state index contributed by atoms with van der Waals surface area (Å²) >= 11 is 0. The molecule has 0 fully saturated rings. The topological polar surface area (TPSA) is 43.1 Å². The molecule has 80 valence electrons. The molecule has 0 radical (unpaired) electrons. The molecule has 0 spiro atoms. The molecule has 0 rings (SSSR count). The van der Waals surface area contributed by atoms with Crippen LogP contribution >= 0.6 is 0 Å². The molecule has 0 bridgehead atoms. The van der Waals surface area contributed by atoms with E-state index in [9.17, 15) is 4.79 Å². The minimum absolute atomic E-state index is 0.204. The lowest BCUT2D eigenvalue weighted by molar-refractivity contribution is -0.118. The molecule has 1 amide bonds. The number of nitrogens with two attached hydrogens (primary N) is 1. The SMILES string of the molecule is CC(C)(C)CCC(N)=O.CC(C)C. The van der Waals surface area contributed by atoms with Crippen molar-refractivity contribution in [3.8, 4) is 0 Å². The Morgan fingerprint density at radius 2 is 1.54 bits per heavy atom. The maximum Gasteiger partial charge on any atom is 0.217 e. The predicted octanol–water partition coefficient (Wildman–Crippen LogP) is 2.96. The van der Waals surface area contributed by atoms with Crippen molar-refractivity contribution in [3.05, 3.63) is 0 Å². The number of primary amides is 1. The zero-order valence-corrected chi connectivity index (χ0v) is 9.98. The van der Waals surface area contributed by atoms with Crippen LogP contribution in [0.2, 0.25) is 0 Å². The Balaban J connectivity index is 0. The van der Waals surface area contributed by atoms with E-state index < -0.39 is 0 Å². The minimum Gasteiger partial charge on any atom is -0.370 e. The monoisotopic (exact) mass is 187 g/mol. The summed E-state index contributed by atoms with van der Waals surface area (Å²) in [5.74, 6) is 0.630. The molecule has 0 aromatic heterocycles. The van der Waals surface area contributed by atoms with Gasteiger partial charge in [0.2, 0.25) is 5.91 Å². The smallest absolute Gasteiger partial charge is 0.217 e. The fourth-order valence-electron chi connectivity index (χ4n) is 0.498. The summed E-state index contributed by atoms with van der Waals surface area (Å²) in [5, 5.41) is 0. The van der Waals surface area contributed by atoms with Gasteiger partial charge in [0.05, 0.1) is 0 Å². The molecule has 13 heavy (non-hydrogen) atoms. The largest absolute Gasteiger partial charge is 0.370 e. The van der Waals surface area contributed by atoms with Gasteiger partial charge in [-0.15, -0.1) is 0 Å². The van der Waals surface area contributed by atoms with Crippen LogP contribution in [0.25, 0.3) is 0 Å². The van der Waals surface area contributed by atoms with Crippen molar-refractivity contribution in [2.45, 2.75) is 54.4 Å². The van der Waals surface area contributed by atoms with Gasteiger partial charge >= 0.3 is 0 Å². The number of hydrogen-bond acceptors (Lipinski definition) is 1. The summed E-state index contributed by atoms with van der Waals surface area (Å²) in [5.41, 5.74) is 5.19. The molecule has 0 aliphatic rings. The van der Waals surface area contributed by atoms with Gasteiger partial charge in [-0.25, -0.2) is 0 Å². The maximum atomic E-state index is 10.3. The molecule has 2 N–H and O–H groups in total. The van der Waals surface area contributed by atoms with Gasteiger partial charge in [-0.3, -0.25) is 4.79 Å². The van der Waals surface area contributed by atoms with Crippen LogP contribution in [-0.4, -0.2) is 5.91 Å². The predicted molar refractivity (Wildman–Crippen MR) is 58.4 cm³/mol. The fourth-order valence-corrected chi connectivity index (χ4v) is 0.498. The van der Waals surface area contributed by atoms with Crippen molar-refractivity contribution in [3.63, 3.8) is 0 Å². The molecule has 0 saturated carbocycles. The Labute approximate surface area is 82.9 Å². The average Bonchev–Trinajstić information content (AvgIpc) is 1.80. The molecule has 0 atom stereocenters. The first-order valence-corrected chi connectivity index (χ1v) is 4.93. The van der Waals surface area contributed by atoms with Gasteiger partial charge in [-0.1, -0.05) is 41.5 Å². The summed E-state index contributed by atoms with van der Waals surface area (Å²) in [7, 11) is 0. The van der Waals surface area contributed by atoms with E-state index in [1.165, 1.54) is 0 Å². The maximum absolute atomic E-state index is 10.3. The third kappa shape index (κ3) is 34.4. The fraction of sp³-hybridized carbons (Fsp3) is 0.909.